The highest BCUT2D eigenvalue weighted by Gasteiger charge is 2.33. The maximum atomic E-state index is 13.0. The van der Waals surface area contributed by atoms with E-state index in [9.17, 15) is 9.59 Å². The molecule has 1 atom stereocenters. The quantitative estimate of drug-likeness (QED) is 0.818. The highest BCUT2D eigenvalue weighted by atomic mass is 16.3. The molecule has 0 fully saturated rings. The maximum Gasteiger partial charge on any atom is 0.290 e. The van der Waals surface area contributed by atoms with Gasteiger partial charge in [-0.05, 0) is 38.5 Å². The Morgan fingerprint density at radius 2 is 1.88 bits per heavy atom. The second-order valence-corrected chi connectivity index (χ2v) is 6.78. The van der Waals surface area contributed by atoms with Crippen molar-refractivity contribution < 1.29 is 14.0 Å². The summed E-state index contributed by atoms with van der Waals surface area (Å²) in [5.74, 6) is -0.422. The lowest BCUT2D eigenvalue weighted by Crippen LogP contribution is -2.49. The molecule has 0 spiro atoms. The summed E-state index contributed by atoms with van der Waals surface area (Å²) in [5, 5.41) is 2.96. The van der Waals surface area contributed by atoms with Gasteiger partial charge < -0.3 is 14.6 Å². The molecule has 0 saturated heterocycles. The summed E-state index contributed by atoms with van der Waals surface area (Å²) in [6.07, 6.45) is 3.03. The molecule has 1 aromatic carbocycles. The smallest absolute Gasteiger partial charge is 0.290 e. The molecule has 2 aromatic rings. The topological polar surface area (TPSA) is 62.6 Å². The lowest BCUT2D eigenvalue weighted by molar-refractivity contribution is -0.127. The molecule has 5 heteroatoms. The van der Waals surface area contributed by atoms with Gasteiger partial charge in [0.05, 0.1) is 6.26 Å². The van der Waals surface area contributed by atoms with E-state index in [1.54, 1.807) is 18.2 Å². The number of nitrogens with zero attached hydrogens (tertiary/aromatic N) is 1. The highest BCUT2D eigenvalue weighted by molar-refractivity contribution is 5.96. The van der Waals surface area contributed by atoms with E-state index < -0.39 is 11.6 Å². The van der Waals surface area contributed by atoms with Crippen LogP contribution in [0.4, 0.5) is 0 Å². The number of carbonyl (C=O) groups is 2. The largest absolute Gasteiger partial charge is 0.459 e. The molecule has 0 radical (unpaired) electrons. The predicted octanol–water partition coefficient (Wildman–Crippen LogP) is 3.56. The Morgan fingerprint density at radius 1 is 1.20 bits per heavy atom. The van der Waals surface area contributed by atoms with Crippen LogP contribution in [0.15, 0.2) is 65.8 Å². The Labute approximate surface area is 148 Å². The molecule has 2 rings (SSSR count). The molecule has 1 unspecified atom stereocenters. The number of furan rings is 1. The Hall–Kier alpha value is -2.82. The summed E-state index contributed by atoms with van der Waals surface area (Å²) in [4.78, 5) is 27.3. The Morgan fingerprint density at radius 3 is 2.40 bits per heavy atom. The summed E-state index contributed by atoms with van der Waals surface area (Å²) in [6, 6.07) is 11.7. The van der Waals surface area contributed by atoms with E-state index in [0.717, 1.165) is 5.56 Å². The fraction of sp³-hybridized carbons (Fsp3) is 0.300. The number of benzene rings is 1. The fourth-order valence-electron chi connectivity index (χ4n) is 2.53. The maximum absolute atomic E-state index is 13.0. The SMILES string of the molecule is C=CCN(C(=O)c1ccco1)C(C(=O)NC(C)(C)C)c1ccccc1. The molecule has 5 nitrogen and oxygen atoms in total. The zero-order chi connectivity index (χ0) is 18.4. The van der Waals surface area contributed by atoms with Crippen LogP contribution in [0.1, 0.15) is 42.9 Å². The Kier molecular flexibility index (Phi) is 5.80. The highest BCUT2D eigenvalue weighted by Crippen LogP contribution is 2.24. The molecule has 0 aliphatic carbocycles. The van der Waals surface area contributed by atoms with E-state index in [1.807, 2.05) is 51.1 Å². The summed E-state index contributed by atoms with van der Waals surface area (Å²) in [5.41, 5.74) is 0.309. The van der Waals surface area contributed by atoms with Gasteiger partial charge in [0, 0.05) is 12.1 Å². The van der Waals surface area contributed by atoms with Gasteiger partial charge in [-0.2, -0.15) is 0 Å². The Bertz CT molecular complexity index is 715. The van der Waals surface area contributed by atoms with Gasteiger partial charge in [0.2, 0.25) is 5.91 Å². The average molecular weight is 340 g/mol. The van der Waals surface area contributed by atoms with Gasteiger partial charge in [-0.1, -0.05) is 36.4 Å². The van der Waals surface area contributed by atoms with Crippen molar-refractivity contribution in [2.75, 3.05) is 6.54 Å². The lowest BCUT2D eigenvalue weighted by atomic mass is 10.0. The number of rotatable bonds is 6. The molecule has 0 aliphatic rings. The van der Waals surface area contributed by atoms with Crippen LogP contribution in [0, 0.1) is 0 Å². The molecule has 1 N–H and O–H groups in total. The van der Waals surface area contributed by atoms with Gasteiger partial charge in [-0.15, -0.1) is 6.58 Å². The first-order valence-electron chi connectivity index (χ1n) is 8.16. The zero-order valence-corrected chi connectivity index (χ0v) is 14.9. The van der Waals surface area contributed by atoms with Crippen LogP contribution in [0.3, 0.4) is 0 Å². The molecule has 0 aliphatic heterocycles. The normalized spacial score (nSPS) is 12.3. The molecular formula is C20H24N2O3. The van der Waals surface area contributed by atoms with Crippen LogP contribution in [-0.4, -0.2) is 28.8 Å². The second kappa shape index (κ2) is 7.83. The molecule has 0 bridgehead atoms. The van der Waals surface area contributed by atoms with Gasteiger partial charge in [-0.3, -0.25) is 9.59 Å². The first kappa shape index (κ1) is 18.5. The summed E-state index contributed by atoms with van der Waals surface area (Å²) >= 11 is 0. The fourth-order valence-corrected chi connectivity index (χ4v) is 2.53. The number of nitrogens with one attached hydrogen (secondary N) is 1. The van der Waals surface area contributed by atoms with Gasteiger partial charge in [0.15, 0.2) is 5.76 Å². The predicted molar refractivity (Wildman–Crippen MR) is 97.0 cm³/mol. The summed E-state index contributed by atoms with van der Waals surface area (Å²) in [6.45, 7) is 9.64. The molecular weight excluding hydrogens is 316 g/mol. The van der Waals surface area contributed by atoms with Gasteiger partial charge in [0.25, 0.3) is 5.91 Å². The van der Waals surface area contributed by atoms with Crippen molar-refractivity contribution in [1.29, 1.82) is 0 Å². The van der Waals surface area contributed by atoms with Crippen molar-refractivity contribution in [3.63, 3.8) is 0 Å². The number of hydrogen-bond acceptors (Lipinski definition) is 3. The van der Waals surface area contributed by atoms with Gasteiger partial charge in [0.1, 0.15) is 6.04 Å². The van der Waals surface area contributed by atoms with E-state index in [0.29, 0.717) is 0 Å². The third-order valence-corrected chi connectivity index (χ3v) is 3.49. The van der Waals surface area contributed by atoms with Crippen molar-refractivity contribution >= 4 is 11.8 Å². The minimum Gasteiger partial charge on any atom is -0.459 e. The van der Waals surface area contributed by atoms with Crippen molar-refractivity contribution in [3.05, 3.63) is 72.7 Å². The number of carbonyl (C=O) groups excluding carboxylic acids is 2. The monoisotopic (exact) mass is 340 g/mol. The first-order valence-corrected chi connectivity index (χ1v) is 8.16. The van der Waals surface area contributed by atoms with Crippen molar-refractivity contribution in [2.45, 2.75) is 32.4 Å². The zero-order valence-electron chi connectivity index (χ0n) is 14.9. The lowest BCUT2D eigenvalue weighted by Gasteiger charge is -2.32. The van der Waals surface area contributed by atoms with Gasteiger partial charge in [-0.25, -0.2) is 0 Å². The molecule has 1 heterocycles. The molecule has 25 heavy (non-hydrogen) atoms. The molecule has 1 aromatic heterocycles. The minimum absolute atomic E-state index is 0.186. The second-order valence-electron chi connectivity index (χ2n) is 6.78. The van der Waals surface area contributed by atoms with Crippen LogP contribution < -0.4 is 5.32 Å². The van der Waals surface area contributed by atoms with Crippen LogP contribution in [-0.2, 0) is 4.79 Å². The van der Waals surface area contributed by atoms with Crippen LogP contribution in [0.5, 0.6) is 0 Å². The van der Waals surface area contributed by atoms with Crippen molar-refractivity contribution in [1.82, 2.24) is 10.2 Å². The summed E-state index contributed by atoms with van der Waals surface area (Å²) < 4.78 is 5.23. The summed E-state index contributed by atoms with van der Waals surface area (Å²) in [7, 11) is 0. The number of amides is 2. The molecule has 132 valence electrons. The first-order chi connectivity index (χ1) is 11.8. The molecule has 2 amide bonds. The van der Waals surface area contributed by atoms with Crippen molar-refractivity contribution in [3.8, 4) is 0 Å². The average Bonchev–Trinajstić information content (AvgIpc) is 3.07. The van der Waals surface area contributed by atoms with E-state index in [-0.39, 0.29) is 24.1 Å². The standard InChI is InChI=1S/C20H24N2O3/c1-5-13-22(19(24)16-12-9-14-25-16)17(15-10-7-6-8-11-15)18(23)21-20(2,3)4/h5-12,14,17H,1,13H2,2-4H3,(H,21,23). The minimum atomic E-state index is -0.781. The molecule has 0 saturated carbocycles. The van der Waals surface area contributed by atoms with Gasteiger partial charge >= 0.3 is 0 Å². The third kappa shape index (κ3) is 4.83. The van der Waals surface area contributed by atoms with Crippen LogP contribution in [0.25, 0.3) is 0 Å². The van der Waals surface area contributed by atoms with Crippen LogP contribution in [0.2, 0.25) is 0 Å². The van der Waals surface area contributed by atoms with Crippen molar-refractivity contribution in [2.24, 2.45) is 0 Å². The van der Waals surface area contributed by atoms with E-state index in [2.05, 4.69) is 11.9 Å². The van der Waals surface area contributed by atoms with E-state index >= 15 is 0 Å². The van der Waals surface area contributed by atoms with Crippen LogP contribution >= 0.6 is 0 Å². The third-order valence-electron chi connectivity index (χ3n) is 3.49. The Balaban J connectivity index is 2.45. The van der Waals surface area contributed by atoms with E-state index in [1.165, 1.54) is 11.2 Å². The van der Waals surface area contributed by atoms with E-state index in [4.69, 9.17) is 4.42 Å². The number of hydrogen-bond donors (Lipinski definition) is 1.